The first-order valence-electron chi connectivity index (χ1n) is 7.49. The highest BCUT2D eigenvalue weighted by molar-refractivity contribution is 5.99. The number of ketones is 1. The Morgan fingerprint density at radius 3 is 2.35 bits per heavy atom. The second-order valence-corrected chi connectivity index (χ2v) is 5.06. The highest BCUT2D eigenvalue weighted by Gasteiger charge is 2.21. The number of ether oxygens (including phenoxy) is 1. The van der Waals surface area contributed by atoms with Gasteiger partial charge in [-0.05, 0) is 12.1 Å². The average molecular weight is 317 g/mol. The van der Waals surface area contributed by atoms with Crippen molar-refractivity contribution in [1.29, 1.82) is 0 Å². The lowest BCUT2D eigenvalue weighted by molar-refractivity contribution is 0.0638. The molecule has 2 aromatic rings. The van der Waals surface area contributed by atoms with Gasteiger partial charge in [0.15, 0.2) is 12.1 Å². The van der Waals surface area contributed by atoms with E-state index in [1.54, 1.807) is 30.3 Å². The van der Waals surface area contributed by atoms with Gasteiger partial charge >= 0.3 is 0 Å². The van der Waals surface area contributed by atoms with Crippen molar-refractivity contribution in [2.75, 3.05) is 13.2 Å². The van der Waals surface area contributed by atoms with Gasteiger partial charge < -0.3 is 9.84 Å². The molecule has 0 fully saturated rings. The van der Waals surface area contributed by atoms with Crippen molar-refractivity contribution < 1.29 is 19.0 Å². The summed E-state index contributed by atoms with van der Waals surface area (Å²) in [5.41, 5.74) is 0.375. The second kappa shape index (κ2) is 9.02. The highest BCUT2D eigenvalue weighted by Crippen LogP contribution is 2.09. The number of Topliss-reactive ketones (excluding diaryl/α,β-unsaturated/α-hetero) is 1. The molecule has 0 aliphatic rings. The minimum absolute atomic E-state index is 0.280. The molecule has 0 heterocycles. The smallest absolute Gasteiger partial charge is 0.191 e. The summed E-state index contributed by atoms with van der Waals surface area (Å²) in [6, 6.07) is 17.6. The molecule has 0 amide bonds. The van der Waals surface area contributed by atoms with E-state index < -0.39 is 18.2 Å². The third-order valence-corrected chi connectivity index (χ3v) is 3.27. The number of benzene rings is 2. The van der Waals surface area contributed by atoms with E-state index in [2.05, 4.69) is 5.32 Å². The van der Waals surface area contributed by atoms with Crippen LogP contribution in [0.25, 0.3) is 0 Å². The van der Waals surface area contributed by atoms with Gasteiger partial charge in [0.25, 0.3) is 0 Å². The lowest BCUT2D eigenvalue weighted by Crippen LogP contribution is -2.34. The quantitative estimate of drug-likeness (QED) is 0.424. The Bertz CT molecular complexity index is 592. The number of alkyl halides is 1. The van der Waals surface area contributed by atoms with E-state index in [1.165, 1.54) is 0 Å². The van der Waals surface area contributed by atoms with E-state index in [-0.39, 0.29) is 13.0 Å². The zero-order valence-corrected chi connectivity index (χ0v) is 12.7. The van der Waals surface area contributed by atoms with Crippen LogP contribution in [0.15, 0.2) is 60.7 Å². The van der Waals surface area contributed by atoms with Crippen molar-refractivity contribution in [3.05, 3.63) is 66.2 Å². The summed E-state index contributed by atoms with van der Waals surface area (Å²) in [7, 11) is 0. The van der Waals surface area contributed by atoms with E-state index in [1.807, 2.05) is 30.3 Å². The number of aliphatic hydroxyl groups is 1. The summed E-state index contributed by atoms with van der Waals surface area (Å²) in [5.74, 6) is 0.236. The number of hydrogen-bond acceptors (Lipinski definition) is 4. The molecular formula is C18H20FNO3. The zero-order valence-electron chi connectivity index (χ0n) is 12.7. The molecule has 0 aromatic heterocycles. The van der Waals surface area contributed by atoms with Gasteiger partial charge in [0.1, 0.15) is 18.5 Å². The second-order valence-electron chi connectivity index (χ2n) is 5.06. The Morgan fingerprint density at radius 1 is 1.09 bits per heavy atom. The molecule has 2 unspecified atom stereocenters. The zero-order chi connectivity index (χ0) is 16.5. The molecule has 0 spiro atoms. The monoisotopic (exact) mass is 317 g/mol. The molecule has 0 aliphatic carbocycles. The van der Waals surface area contributed by atoms with Gasteiger partial charge in [-0.1, -0.05) is 48.5 Å². The van der Waals surface area contributed by atoms with Crippen molar-refractivity contribution in [2.45, 2.75) is 18.8 Å². The number of rotatable bonds is 9. The number of nitrogens with one attached hydrogen (secondary N) is 1. The Balaban J connectivity index is 1.68. The van der Waals surface area contributed by atoms with Gasteiger partial charge in [0.05, 0.1) is 0 Å². The van der Waals surface area contributed by atoms with Crippen LogP contribution in [-0.4, -0.2) is 36.4 Å². The minimum Gasteiger partial charge on any atom is -0.492 e. The van der Waals surface area contributed by atoms with Crippen LogP contribution in [0, 0.1) is 0 Å². The lowest BCUT2D eigenvalue weighted by atomic mass is 10.0. The van der Waals surface area contributed by atoms with E-state index in [0.717, 1.165) is 0 Å². The third-order valence-electron chi connectivity index (χ3n) is 3.27. The predicted octanol–water partition coefficient (Wildman–Crippen LogP) is 2.58. The van der Waals surface area contributed by atoms with E-state index in [4.69, 9.17) is 4.74 Å². The van der Waals surface area contributed by atoms with Crippen LogP contribution in [0.3, 0.4) is 0 Å². The molecule has 2 rings (SSSR count). The largest absolute Gasteiger partial charge is 0.492 e. The molecule has 2 aromatic carbocycles. The first-order valence-corrected chi connectivity index (χ1v) is 7.49. The predicted molar refractivity (Wildman–Crippen MR) is 86.2 cm³/mol. The summed E-state index contributed by atoms with van der Waals surface area (Å²) < 4.78 is 19.2. The summed E-state index contributed by atoms with van der Waals surface area (Å²) in [6.45, 7) is 0.579. The van der Waals surface area contributed by atoms with Crippen molar-refractivity contribution >= 4 is 5.78 Å². The standard InChI is InChI=1S/C18H20FNO3/c19-17(20-11-12-23-15-9-5-2-6-10-15)13-16(21)18(22)14-7-3-1-4-8-14/h1-10,16-17,20-21H,11-13H2. The highest BCUT2D eigenvalue weighted by atomic mass is 19.1. The number of halogens is 1. The summed E-state index contributed by atoms with van der Waals surface area (Å²) in [5, 5.41) is 12.4. The molecule has 23 heavy (non-hydrogen) atoms. The van der Waals surface area contributed by atoms with Gasteiger partial charge in [-0.2, -0.15) is 0 Å². The van der Waals surface area contributed by atoms with E-state index in [9.17, 15) is 14.3 Å². The Morgan fingerprint density at radius 2 is 1.70 bits per heavy atom. The van der Waals surface area contributed by atoms with Gasteiger partial charge in [0, 0.05) is 18.5 Å². The molecule has 0 radical (unpaired) electrons. The van der Waals surface area contributed by atoms with Crippen LogP contribution in [-0.2, 0) is 0 Å². The number of carbonyl (C=O) groups excluding carboxylic acids is 1. The SMILES string of the molecule is O=C(c1ccccc1)C(O)CC(F)NCCOc1ccccc1. The molecular weight excluding hydrogens is 297 g/mol. The Labute approximate surface area is 134 Å². The molecule has 5 heteroatoms. The van der Waals surface area contributed by atoms with Crippen LogP contribution >= 0.6 is 0 Å². The van der Waals surface area contributed by atoms with Crippen LogP contribution in [0.2, 0.25) is 0 Å². The van der Waals surface area contributed by atoms with Gasteiger partial charge in [-0.25, -0.2) is 4.39 Å². The Kier molecular flexibility index (Phi) is 6.72. The number of hydrogen-bond donors (Lipinski definition) is 2. The molecule has 0 saturated heterocycles. The first-order chi connectivity index (χ1) is 11.2. The van der Waals surface area contributed by atoms with Gasteiger partial charge in [0.2, 0.25) is 0 Å². The lowest BCUT2D eigenvalue weighted by Gasteiger charge is -2.15. The molecule has 0 bridgehead atoms. The molecule has 0 aliphatic heterocycles. The summed E-state index contributed by atoms with van der Waals surface area (Å²) >= 11 is 0. The van der Waals surface area contributed by atoms with Crippen molar-refractivity contribution in [3.63, 3.8) is 0 Å². The topological polar surface area (TPSA) is 58.6 Å². The maximum Gasteiger partial charge on any atom is 0.191 e. The fraction of sp³-hybridized carbons (Fsp3) is 0.278. The normalized spacial score (nSPS) is 13.3. The number of aliphatic hydroxyl groups excluding tert-OH is 1. The van der Waals surface area contributed by atoms with Crippen LogP contribution in [0.4, 0.5) is 4.39 Å². The maximum absolute atomic E-state index is 13.8. The van der Waals surface area contributed by atoms with Crippen molar-refractivity contribution in [2.24, 2.45) is 0 Å². The van der Waals surface area contributed by atoms with Crippen LogP contribution < -0.4 is 10.1 Å². The third kappa shape index (κ3) is 5.81. The molecule has 2 atom stereocenters. The van der Waals surface area contributed by atoms with E-state index >= 15 is 0 Å². The summed E-state index contributed by atoms with van der Waals surface area (Å²) in [6.07, 6.45) is -3.13. The molecule has 122 valence electrons. The van der Waals surface area contributed by atoms with Crippen molar-refractivity contribution in [3.8, 4) is 5.75 Å². The van der Waals surface area contributed by atoms with Gasteiger partial charge in [-0.3, -0.25) is 10.1 Å². The summed E-state index contributed by atoms with van der Waals surface area (Å²) in [4.78, 5) is 11.9. The number of para-hydroxylation sites is 1. The Hall–Kier alpha value is -2.24. The fourth-order valence-electron chi connectivity index (χ4n) is 2.08. The maximum atomic E-state index is 13.8. The first kappa shape index (κ1) is 17.1. The van der Waals surface area contributed by atoms with Gasteiger partial charge in [-0.15, -0.1) is 0 Å². The fourth-order valence-corrected chi connectivity index (χ4v) is 2.08. The molecule has 0 saturated carbocycles. The minimum atomic E-state index is -1.47. The van der Waals surface area contributed by atoms with Crippen LogP contribution in [0.1, 0.15) is 16.8 Å². The number of carbonyl (C=O) groups is 1. The van der Waals surface area contributed by atoms with E-state index in [0.29, 0.717) is 17.9 Å². The van der Waals surface area contributed by atoms with Crippen LogP contribution in [0.5, 0.6) is 5.75 Å². The molecule has 2 N–H and O–H groups in total. The molecule has 4 nitrogen and oxygen atoms in total. The van der Waals surface area contributed by atoms with Crippen molar-refractivity contribution in [1.82, 2.24) is 5.32 Å². The average Bonchev–Trinajstić information content (AvgIpc) is 2.59.